The van der Waals surface area contributed by atoms with Crippen LogP contribution in [0, 0.1) is 0 Å². The Morgan fingerprint density at radius 1 is 1.06 bits per heavy atom. The topological polar surface area (TPSA) is 51.8 Å². The first kappa shape index (κ1) is 11.5. The minimum Gasteiger partial charge on any atom is -0.374 e. The number of rotatable bonds is 3. The van der Waals surface area contributed by atoms with Gasteiger partial charge in [-0.1, -0.05) is 65.6 Å². The highest BCUT2D eigenvalue weighted by Crippen LogP contribution is 2.29. The van der Waals surface area contributed by atoms with Crippen LogP contribution < -0.4 is 5.73 Å². The van der Waals surface area contributed by atoms with E-state index in [2.05, 4.69) is 52.7 Å². The highest BCUT2D eigenvalue weighted by molar-refractivity contribution is 8.00. The van der Waals surface area contributed by atoms with Crippen molar-refractivity contribution in [2.24, 2.45) is 0 Å². The summed E-state index contributed by atoms with van der Waals surface area (Å²) in [7, 11) is 0. The van der Waals surface area contributed by atoms with Crippen LogP contribution in [0.4, 0.5) is 5.13 Å². The minimum atomic E-state index is 0.524. The average molecular weight is 273 g/mol. The van der Waals surface area contributed by atoms with Gasteiger partial charge in [0.15, 0.2) is 4.34 Å². The van der Waals surface area contributed by atoms with E-state index in [1.165, 1.54) is 27.7 Å². The van der Waals surface area contributed by atoms with E-state index in [0.29, 0.717) is 5.13 Å². The standard InChI is InChI=1S/C13H11N3S2/c14-12-15-16-13(18-12)17-8-10-6-3-5-9-4-1-2-7-11(9)10/h1-7H,8H2,(H2,14,15). The third-order valence-electron chi connectivity index (χ3n) is 2.65. The molecule has 0 fully saturated rings. The lowest BCUT2D eigenvalue weighted by Crippen LogP contribution is -1.83. The summed E-state index contributed by atoms with van der Waals surface area (Å²) in [5.41, 5.74) is 6.88. The molecule has 90 valence electrons. The molecule has 3 rings (SSSR count). The van der Waals surface area contributed by atoms with E-state index in [-0.39, 0.29) is 0 Å². The zero-order valence-electron chi connectivity index (χ0n) is 9.54. The van der Waals surface area contributed by atoms with Gasteiger partial charge in [-0.05, 0) is 16.3 Å². The Morgan fingerprint density at radius 3 is 2.72 bits per heavy atom. The molecule has 5 heteroatoms. The SMILES string of the molecule is Nc1nnc(SCc2cccc3ccccc23)s1. The Labute approximate surface area is 113 Å². The number of nitrogen functional groups attached to an aromatic ring is 1. The van der Waals surface area contributed by atoms with Crippen LogP contribution in [0.25, 0.3) is 10.8 Å². The second-order valence-electron chi connectivity index (χ2n) is 3.83. The third-order valence-corrected chi connectivity index (χ3v) is 4.59. The molecule has 0 saturated carbocycles. The molecule has 0 aliphatic carbocycles. The van der Waals surface area contributed by atoms with E-state index in [1.54, 1.807) is 11.8 Å². The first-order valence-electron chi connectivity index (χ1n) is 5.51. The predicted octanol–water partition coefficient (Wildman–Crippen LogP) is 3.57. The van der Waals surface area contributed by atoms with Crippen molar-refractivity contribution in [1.29, 1.82) is 0 Å². The van der Waals surface area contributed by atoms with Gasteiger partial charge in [0.2, 0.25) is 5.13 Å². The van der Waals surface area contributed by atoms with Crippen LogP contribution in [0.1, 0.15) is 5.56 Å². The molecule has 3 nitrogen and oxygen atoms in total. The van der Waals surface area contributed by atoms with Crippen molar-refractivity contribution in [2.45, 2.75) is 10.1 Å². The zero-order valence-corrected chi connectivity index (χ0v) is 11.2. The number of thioether (sulfide) groups is 1. The van der Waals surface area contributed by atoms with Gasteiger partial charge < -0.3 is 5.73 Å². The van der Waals surface area contributed by atoms with Crippen molar-refractivity contribution in [3.8, 4) is 0 Å². The van der Waals surface area contributed by atoms with Crippen molar-refractivity contribution in [2.75, 3.05) is 5.73 Å². The first-order chi connectivity index (χ1) is 8.83. The average Bonchev–Trinajstić information content (AvgIpc) is 2.82. The number of fused-ring (bicyclic) bond motifs is 1. The number of benzene rings is 2. The van der Waals surface area contributed by atoms with Crippen LogP contribution in [0.5, 0.6) is 0 Å². The van der Waals surface area contributed by atoms with Gasteiger partial charge in [-0.3, -0.25) is 0 Å². The fraction of sp³-hybridized carbons (Fsp3) is 0.0769. The molecule has 0 saturated heterocycles. The van der Waals surface area contributed by atoms with Crippen LogP contribution in [0.2, 0.25) is 0 Å². The van der Waals surface area contributed by atoms with Crippen LogP contribution in [0.3, 0.4) is 0 Å². The van der Waals surface area contributed by atoms with Crippen molar-refractivity contribution < 1.29 is 0 Å². The van der Waals surface area contributed by atoms with Crippen molar-refractivity contribution in [1.82, 2.24) is 10.2 Å². The molecule has 3 aromatic rings. The van der Waals surface area contributed by atoms with Gasteiger partial charge in [-0.25, -0.2) is 0 Å². The van der Waals surface area contributed by atoms with Crippen molar-refractivity contribution >= 4 is 39.0 Å². The minimum absolute atomic E-state index is 0.524. The predicted molar refractivity (Wildman–Crippen MR) is 77.8 cm³/mol. The van der Waals surface area contributed by atoms with E-state index < -0.39 is 0 Å². The summed E-state index contributed by atoms with van der Waals surface area (Å²) in [6.45, 7) is 0. The van der Waals surface area contributed by atoms with Gasteiger partial charge in [-0.15, -0.1) is 10.2 Å². The molecule has 18 heavy (non-hydrogen) atoms. The number of hydrogen-bond acceptors (Lipinski definition) is 5. The van der Waals surface area contributed by atoms with E-state index in [1.807, 2.05) is 0 Å². The highest BCUT2D eigenvalue weighted by atomic mass is 32.2. The molecule has 0 aliphatic heterocycles. The fourth-order valence-electron chi connectivity index (χ4n) is 1.84. The van der Waals surface area contributed by atoms with Gasteiger partial charge in [0.1, 0.15) is 0 Å². The quantitative estimate of drug-likeness (QED) is 0.741. The summed E-state index contributed by atoms with van der Waals surface area (Å²) in [4.78, 5) is 0. The highest BCUT2D eigenvalue weighted by Gasteiger charge is 2.04. The Balaban J connectivity index is 1.86. The smallest absolute Gasteiger partial charge is 0.203 e. The maximum Gasteiger partial charge on any atom is 0.203 e. The first-order valence-corrected chi connectivity index (χ1v) is 7.31. The second kappa shape index (κ2) is 4.96. The number of anilines is 1. The zero-order chi connectivity index (χ0) is 12.4. The van der Waals surface area contributed by atoms with Crippen molar-refractivity contribution in [3.63, 3.8) is 0 Å². The summed E-state index contributed by atoms with van der Waals surface area (Å²) >= 11 is 3.10. The molecular weight excluding hydrogens is 262 g/mol. The molecule has 0 radical (unpaired) electrons. The number of nitrogens with zero attached hydrogens (tertiary/aromatic N) is 2. The summed E-state index contributed by atoms with van der Waals surface area (Å²) < 4.78 is 0.917. The van der Waals surface area contributed by atoms with Crippen molar-refractivity contribution in [3.05, 3.63) is 48.0 Å². The Kier molecular flexibility index (Phi) is 3.17. The van der Waals surface area contributed by atoms with E-state index in [0.717, 1.165) is 10.1 Å². The fourth-order valence-corrected chi connectivity index (χ4v) is 3.48. The Bertz CT molecular complexity index is 673. The lowest BCUT2D eigenvalue weighted by Gasteiger charge is -2.04. The maximum absolute atomic E-state index is 5.57. The Morgan fingerprint density at radius 2 is 1.89 bits per heavy atom. The van der Waals surface area contributed by atoms with Crippen LogP contribution >= 0.6 is 23.1 Å². The lowest BCUT2D eigenvalue weighted by molar-refractivity contribution is 1.02. The molecular formula is C13H11N3S2. The summed E-state index contributed by atoms with van der Waals surface area (Å²) in [6.07, 6.45) is 0. The third kappa shape index (κ3) is 2.32. The van der Waals surface area contributed by atoms with Gasteiger partial charge >= 0.3 is 0 Å². The molecule has 1 heterocycles. The number of hydrogen-bond donors (Lipinski definition) is 1. The molecule has 2 N–H and O–H groups in total. The van der Waals surface area contributed by atoms with Gasteiger partial charge in [0.25, 0.3) is 0 Å². The lowest BCUT2D eigenvalue weighted by atomic mass is 10.1. The van der Waals surface area contributed by atoms with E-state index in [9.17, 15) is 0 Å². The molecule has 0 amide bonds. The summed E-state index contributed by atoms with van der Waals surface area (Å²) in [5.74, 6) is 0.885. The van der Waals surface area contributed by atoms with Gasteiger partial charge in [0, 0.05) is 5.75 Å². The molecule has 0 spiro atoms. The molecule has 0 unspecified atom stereocenters. The normalized spacial score (nSPS) is 10.9. The second-order valence-corrected chi connectivity index (χ2v) is 6.06. The molecule has 0 bridgehead atoms. The summed E-state index contributed by atoms with van der Waals surface area (Å²) in [6, 6.07) is 14.8. The monoisotopic (exact) mass is 273 g/mol. The maximum atomic E-state index is 5.57. The number of aromatic nitrogens is 2. The molecule has 2 aromatic carbocycles. The van der Waals surface area contributed by atoms with Gasteiger partial charge in [0.05, 0.1) is 0 Å². The molecule has 1 aromatic heterocycles. The van der Waals surface area contributed by atoms with E-state index in [4.69, 9.17) is 5.73 Å². The number of nitrogens with two attached hydrogens (primary N) is 1. The molecule has 0 aliphatic rings. The van der Waals surface area contributed by atoms with Crippen LogP contribution in [0.15, 0.2) is 46.8 Å². The van der Waals surface area contributed by atoms with E-state index >= 15 is 0 Å². The Hall–Kier alpha value is -1.59. The van der Waals surface area contributed by atoms with Crippen LogP contribution in [-0.2, 0) is 5.75 Å². The van der Waals surface area contributed by atoms with Gasteiger partial charge in [-0.2, -0.15) is 0 Å². The van der Waals surface area contributed by atoms with Crippen LogP contribution in [-0.4, -0.2) is 10.2 Å². The molecule has 0 atom stereocenters. The summed E-state index contributed by atoms with van der Waals surface area (Å²) in [5, 5.41) is 10.9. The largest absolute Gasteiger partial charge is 0.374 e.